The first-order valence-corrected chi connectivity index (χ1v) is 15.4. The third-order valence-corrected chi connectivity index (χ3v) is 8.63. The van der Waals surface area contributed by atoms with E-state index in [9.17, 15) is 9.36 Å². The molecule has 5 rings (SSSR count). The molecule has 224 valence electrons. The van der Waals surface area contributed by atoms with Crippen LogP contribution in [0.15, 0.2) is 36.7 Å². The zero-order valence-electron chi connectivity index (χ0n) is 24.0. The van der Waals surface area contributed by atoms with Crippen LogP contribution in [-0.4, -0.2) is 63.4 Å². The Hall–Kier alpha value is -3.69. The molecular formula is C28H36N7O6P. The highest BCUT2D eigenvalue weighted by Gasteiger charge is 2.40. The number of imidazole rings is 1. The Morgan fingerprint density at radius 2 is 2.02 bits per heavy atom. The molecule has 3 heterocycles. The number of ether oxygens (including phenoxy) is 2. The third-order valence-electron chi connectivity index (χ3n) is 6.99. The van der Waals surface area contributed by atoms with Crippen molar-refractivity contribution in [2.75, 3.05) is 24.3 Å². The second-order valence-corrected chi connectivity index (χ2v) is 12.5. The van der Waals surface area contributed by atoms with Gasteiger partial charge >= 0.3 is 13.7 Å². The van der Waals surface area contributed by atoms with E-state index in [4.69, 9.17) is 30.7 Å². The van der Waals surface area contributed by atoms with E-state index < -0.39 is 32.1 Å². The summed E-state index contributed by atoms with van der Waals surface area (Å²) in [4.78, 5) is 28.0. The van der Waals surface area contributed by atoms with Gasteiger partial charge in [-0.05, 0) is 52.2 Å². The largest absolute Gasteiger partial charge is 0.462 e. The molecule has 0 amide bonds. The molecule has 1 aromatic carbocycles. The highest BCUT2D eigenvalue weighted by Crippen LogP contribution is 2.46. The molecule has 42 heavy (non-hydrogen) atoms. The lowest BCUT2D eigenvalue weighted by Gasteiger charge is -2.24. The highest BCUT2D eigenvalue weighted by molar-refractivity contribution is 7.52. The first-order valence-electron chi connectivity index (χ1n) is 13.9. The highest BCUT2D eigenvalue weighted by atomic mass is 31.2. The Morgan fingerprint density at radius 1 is 1.29 bits per heavy atom. The topological polar surface area (TPSA) is 156 Å². The number of nitrogen functional groups attached to an aromatic ring is 1. The predicted molar refractivity (Wildman–Crippen MR) is 156 cm³/mol. The molecule has 5 atom stereocenters. The van der Waals surface area contributed by atoms with Crippen molar-refractivity contribution in [3.05, 3.63) is 36.7 Å². The van der Waals surface area contributed by atoms with Crippen molar-refractivity contribution in [3.8, 4) is 18.1 Å². The van der Waals surface area contributed by atoms with Crippen LogP contribution in [0.3, 0.4) is 0 Å². The molecule has 1 aliphatic heterocycles. The van der Waals surface area contributed by atoms with E-state index in [0.29, 0.717) is 35.2 Å². The van der Waals surface area contributed by atoms with Gasteiger partial charge in [0.05, 0.1) is 31.1 Å². The fraction of sp³-hybridized carbons (Fsp3) is 0.500. The van der Waals surface area contributed by atoms with Crippen LogP contribution in [-0.2, 0) is 23.4 Å². The van der Waals surface area contributed by atoms with Crippen molar-refractivity contribution in [2.45, 2.75) is 70.6 Å². The number of nitrogens with one attached hydrogen (secondary N) is 1. The average Bonchev–Trinajstić information content (AvgIpc) is 3.59. The first-order chi connectivity index (χ1) is 20.1. The van der Waals surface area contributed by atoms with E-state index in [2.05, 4.69) is 30.9 Å². The number of para-hydroxylation sites is 1. The minimum absolute atomic E-state index is 0.122. The normalized spacial score (nSPS) is 22.4. The molecule has 3 aromatic rings. The molecule has 0 unspecified atom stereocenters. The van der Waals surface area contributed by atoms with Crippen LogP contribution in [0.1, 0.15) is 46.3 Å². The summed E-state index contributed by atoms with van der Waals surface area (Å²) >= 11 is 0. The van der Waals surface area contributed by atoms with Gasteiger partial charge in [0, 0.05) is 13.1 Å². The van der Waals surface area contributed by atoms with E-state index in [-0.39, 0.29) is 24.6 Å². The van der Waals surface area contributed by atoms with Crippen LogP contribution in [0.4, 0.5) is 11.8 Å². The van der Waals surface area contributed by atoms with Crippen molar-refractivity contribution >= 4 is 36.6 Å². The number of carbonyl (C=O) groups excluding carboxylic acids is 1. The van der Waals surface area contributed by atoms with E-state index in [0.717, 1.165) is 12.8 Å². The number of nitrogens with zero attached hydrogens (tertiary/aromatic N) is 5. The second kappa shape index (κ2) is 12.3. The number of rotatable bonds is 12. The number of nitrogens with two attached hydrogens (primary N) is 1. The minimum atomic E-state index is -4.07. The molecule has 0 bridgehead atoms. The van der Waals surface area contributed by atoms with Crippen molar-refractivity contribution in [3.63, 3.8) is 0 Å². The maximum Gasteiger partial charge on any atom is 0.459 e. The molecule has 0 spiro atoms. The lowest BCUT2D eigenvalue weighted by atomic mass is 10.0. The van der Waals surface area contributed by atoms with Crippen molar-refractivity contribution in [1.82, 2.24) is 24.6 Å². The van der Waals surface area contributed by atoms with E-state index in [1.54, 1.807) is 55.1 Å². The van der Waals surface area contributed by atoms with Crippen LogP contribution < -0.4 is 20.2 Å². The van der Waals surface area contributed by atoms with Gasteiger partial charge in [-0.2, -0.15) is 15.1 Å². The number of anilines is 2. The van der Waals surface area contributed by atoms with Gasteiger partial charge < -0.3 is 24.6 Å². The van der Waals surface area contributed by atoms with Gasteiger partial charge in [-0.25, -0.2) is 9.55 Å². The maximum absolute atomic E-state index is 13.9. The summed E-state index contributed by atoms with van der Waals surface area (Å²) in [6.45, 7) is 4.86. The Labute approximate surface area is 244 Å². The van der Waals surface area contributed by atoms with Crippen molar-refractivity contribution in [1.29, 1.82) is 0 Å². The Bertz CT molecular complexity index is 1510. The summed E-state index contributed by atoms with van der Waals surface area (Å²) < 4.78 is 38.7. The van der Waals surface area contributed by atoms with Crippen LogP contribution in [0.5, 0.6) is 5.75 Å². The molecule has 3 N–H and O–H groups in total. The van der Waals surface area contributed by atoms with Crippen LogP contribution >= 0.6 is 7.75 Å². The fourth-order valence-electron chi connectivity index (χ4n) is 4.76. The number of carbonyl (C=O) groups is 1. The molecule has 2 aliphatic rings. The molecule has 2 aromatic heterocycles. The van der Waals surface area contributed by atoms with Crippen LogP contribution in [0, 0.1) is 18.3 Å². The minimum Gasteiger partial charge on any atom is -0.462 e. The lowest BCUT2D eigenvalue weighted by Crippen LogP contribution is -2.36. The molecule has 0 radical (unpaired) electrons. The number of aromatic nitrogens is 4. The van der Waals surface area contributed by atoms with Gasteiger partial charge in [0.25, 0.3) is 0 Å². The molecule has 1 saturated heterocycles. The quantitative estimate of drug-likeness (QED) is 0.178. The van der Waals surface area contributed by atoms with Crippen molar-refractivity contribution in [2.24, 2.45) is 5.92 Å². The van der Waals surface area contributed by atoms with Crippen LogP contribution in [0.2, 0.25) is 0 Å². The molecule has 14 heteroatoms. The first kappa shape index (κ1) is 29.8. The van der Waals surface area contributed by atoms with Gasteiger partial charge in [-0.1, -0.05) is 24.1 Å². The predicted octanol–water partition coefficient (Wildman–Crippen LogP) is 3.68. The lowest BCUT2D eigenvalue weighted by molar-refractivity contribution is -0.149. The van der Waals surface area contributed by atoms with Crippen molar-refractivity contribution < 1.29 is 27.9 Å². The summed E-state index contributed by atoms with van der Waals surface area (Å²) in [5.41, 5.74) is 7.18. The van der Waals surface area contributed by atoms with Gasteiger partial charge in [-0.15, -0.1) is 6.42 Å². The SMILES string of the molecule is C#C[C@H]1C[C@@H](CO[P@](=O)(N[C@@H](C)C(=O)OC(C)C)Oc2ccccc2)O[C@H]1n1cnc2c(N(C)C3CC3)nc(N)nc21. The van der Waals surface area contributed by atoms with Crippen LogP contribution in [0.25, 0.3) is 11.2 Å². The Kier molecular flexibility index (Phi) is 8.70. The van der Waals surface area contributed by atoms with Gasteiger partial charge in [0.1, 0.15) is 11.8 Å². The average molecular weight is 598 g/mol. The monoisotopic (exact) mass is 597 g/mol. The second-order valence-electron chi connectivity index (χ2n) is 10.8. The Balaban J connectivity index is 1.33. The zero-order chi connectivity index (χ0) is 30.0. The summed E-state index contributed by atoms with van der Waals surface area (Å²) in [5, 5.41) is 2.69. The van der Waals surface area contributed by atoms with E-state index in [1.165, 1.54) is 6.92 Å². The number of fused-ring (bicyclic) bond motifs is 1. The molecule has 1 saturated carbocycles. The number of esters is 1. The Morgan fingerprint density at radius 3 is 2.69 bits per heavy atom. The van der Waals surface area contributed by atoms with E-state index in [1.807, 2.05) is 7.05 Å². The summed E-state index contributed by atoms with van der Waals surface area (Å²) in [6.07, 6.45) is 8.59. The van der Waals surface area contributed by atoms with Gasteiger partial charge in [-0.3, -0.25) is 13.9 Å². The number of hydrogen-bond donors (Lipinski definition) is 2. The zero-order valence-corrected chi connectivity index (χ0v) is 24.9. The summed E-state index contributed by atoms with van der Waals surface area (Å²) in [5.74, 6) is 2.92. The molecule has 13 nitrogen and oxygen atoms in total. The summed E-state index contributed by atoms with van der Waals surface area (Å²) in [7, 11) is -2.10. The standard InChI is InChI=1S/C28H36N7O6P/c1-6-19-14-22(15-38-42(37,41-21-10-8-7-9-11-21)33-18(4)27(36)39-17(2)3)40-26(19)35-16-30-23-24(34(5)20-12-13-20)31-28(29)32-25(23)35/h1,7-11,16-20,22,26H,12-15H2,2-5H3,(H,33,37)(H2,29,31,32)/t18-,19-,22-,26+,42+/m0/s1. The number of terminal acetylenes is 1. The maximum atomic E-state index is 13.9. The number of hydrogen-bond acceptors (Lipinski definition) is 11. The fourth-order valence-corrected chi connectivity index (χ4v) is 6.29. The van der Waals surface area contributed by atoms with E-state index >= 15 is 0 Å². The molecule has 2 fully saturated rings. The molecule has 1 aliphatic carbocycles. The smallest absolute Gasteiger partial charge is 0.459 e. The molecular weight excluding hydrogens is 561 g/mol. The summed E-state index contributed by atoms with van der Waals surface area (Å²) in [6, 6.07) is 7.97. The van der Waals surface area contributed by atoms with Gasteiger partial charge in [0.2, 0.25) is 5.95 Å². The third kappa shape index (κ3) is 6.68. The van der Waals surface area contributed by atoms with Gasteiger partial charge in [0.15, 0.2) is 23.2 Å². The number of benzene rings is 1.